The third-order valence-electron chi connectivity index (χ3n) is 2.99. The Bertz CT molecular complexity index is 787. The first-order valence-corrected chi connectivity index (χ1v) is 6.22. The highest BCUT2D eigenvalue weighted by Gasteiger charge is 2.06. The van der Waals surface area contributed by atoms with Gasteiger partial charge in [0.25, 0.3) is 0 Å². The van der Waals surface area contributed by atoms with Crippen LogP contribution in [0, 0.1) is 12.7 Å². The number of anilines is 1. The van der Waals surface area contributed by atoms with E-state index in [-0.39, 0.29) is 5.75 Å². The Labute approximate surface area is 115 Å². The second-order valence-electron chi connectivity index (χ2n) is 4.64. The molecule has 0 aliphatic heterocycles. The van der Waals surface area contributed by atoms with Gasteiger partial charge in [0.05, 0.1) is 5.52 Å². The van der Waals surface area contributed by atoms with Crippen molar-refractivity contribution >= 4 is 16.6 Å². The lowest BCUT2D eigenvalue weighted by Gasteiger charge is -2.08. The molecule has 0 aliphatic carbocycles. The number of halogens is 1. The zero-order valence-electron chi connectivity index (χ0n) is 10.9. The van der Waals surface area contributed by atoms with Gasteiger partial charge in [-0.1, -0.05) is 6.07 Å². The normalized spacial score (nSPS) is 10.7. The van der Waals surface area contributed by atoms with Crippen LogP contribution >= 0.6 is 0 Å². The minimum absolute atomic E-state index is 0.173. The molecule has 0 unspecified atom stereocenters. The Kier molecular flexibility index (Phi) is 2.99. The van der Waals surface area contributed by atoms with Gasteiger partial charge in [-0.3, -0.25) is 0 Å². The van der Waals surface area contributed by atoms with Crippen molar-refractivity contribution in [2.75, 3.05) is 5.73 Å². The molecule has 4 heteroatoms. The topological polar surface area (TPSA) is 48.1 Å². The maximum atomic E-state index is 13.7. The molecular weight excluding hydrogens is 255 g/mol. The Morgan fingerprint density at radius 2 is 1.90 bits per heavy atom. The number of fused-ring (bicyclic) bond motifs is 1. The van der Waals surface area contributed by atoms with Crippen molar-refractivity contribution in [3.8, 4) is 11.6 Å². The highest BCUT2D eigenvalue weighted by molar-refractivity contribution is 5.82. The fraction of sp³-hybridized carbons (Fsp3) is 0.0625. The van der Waals surface area contributed by atoms with Crippen LogP contribution in [0.4, 0.5) is 10.1 Å². The van der Waals surface area contributed by atoms with E-state index in [1.165, 1.54) is 6.07 Å². The molecule has 0 bridgehead atoms. The maximum absolute atomic E-state index is 13.7. The van der Waals surface area contributed by atoms with Crippen molar-refractivity contribution in [3.63, 3.8) is 0 Å². The largest absolute Gasteiger partial charge is 0.436 e. The second-order valence-corrected chi connectivity index (χ2v) is 4.64. The Balaban J connectivity index is 1.98. The summed E-state index contributed by atoms with van der Waals surface area (Å²) in [6.45, 7) is 1.88. The molecule has 1 heterocycles. The number of hydrogen-bond donors (Lipinski definition) is 1. The molecule has 20 heavy (non-hydrogen) atoms. The molecule has 2 aromatic carbocycles. The van der Waals surface area contributed by atoms with Crippen LogP contribution in [0.25, 0.3) is 10.9 Å². The number of hydrogen-bond acceptors (Lipinski definition) is 3. The highest BCUT2D eigenvalue weighted by atomic mass is 19.1. The van der Waals surface area contributed by atoms with Crippen LogP contribution in [0.15, 0.2) is 48.5 Å². The van der Waals surface area contributed by atoms with Gasteiger partial charge in [-0.05, 0) is 48.9 Å². The van der Waals surface area contributed by atoms with E-state index in [1.807, 2.05) is 25.1 Å². The molecule has 0 atom stereocenters. The van der Waals surface area contributed by atoms with Gasteiger partial charge < -0.3 is 10.5 Å². The van der Waals surface area contributed by atoms with Gasteiger partial charge in [-0.25, -0.2) is 9.37 Å². The van der Waals surface area contributed by atoms with Crippen LogP contribution < -0.4 is 10.5 Å². The summed E-state index contributed by atoms with van der Waals surface area (Å²) in [5.74, 6) is 0.119. The molecular formula is C16H13FN2O. The van der Waals surface area contributed by atoms with Gasteiger partial charge in [-0.15, -0.1) is 0 Å². The number of ether oxygens (including phenoxy) is 1. The van der Waals surface area contributed by atoms with Gasteiger partial charge in [0.15, 0.2) is 11.6 Å². The van der Waals surface area contributed by atoms with Crippen molar-refractivity contribution in [1.29, 1.82) is 0 Å². The van der Waals surface area contributed by atoms with Crippen molar-refractivity contribution in [1.82, 2.24) is 4.98 Å². The first-order valence-electron chi connectivity index (χ1n) is 6.22. The summed E-state index contributed by atoms with van der Waals surface area (Å²) in [4.78, 5) is 4.34. The number of nitrogens with zero attached hydrogens (tertiary/aromatic N) is 1. The molecule has 0 amide bonds. The minimum atomic E-state index is -0.408. The summed E-state index contributed by atoms with van der Waals surface area (Å²) in [6.07, 6.45) is 0. The molecule has 0 saturated heterocycles. The van der Waals surface area contributed by atoms with Crippen LogP contribution in [0.5, 0.6) is 11.6 Å². The molecule has 0 radical (unpaired) electrons. The van der Waals surface area contributed by atoms with Crippen molar-refractivity contribution in [3.05, 3.63) is 59.9 Å². The molecule has 0 spiro atoms. The fourth-order valence-electron chi connectivity index (χ4n) is 1.98. The number of benzene rings is 2. The SMILES string of the molecule is Cc1ccc(F)c(Oc2ccc3cc(N)ccc3n2)c1. The average Bonchev–Trinajstić information content (AvgIpc) is 2.43. The number of nitrogens with two attached hydrogens (primary N) is 1. The van der Waals surface area contributed by atoms with Crippen LogP contribution in [0.2, 0.25) is 0 Å². The summed E-state index contributed by atoms with van der Waals surface area (Å²) >= 11 is 0. The summed E-state index contributed by atoms with van der Waals surface area (Å²) in [5.41, 5.74) is 8.07. The van der Waals surface area contributed by atoms with Gasteiger partial charge >= 0.3 is 0 Å². The van der Waals surface area contributed by atoms with E-state index in [9.17, 15) is 4.39 Å². The van der Waals surface area contributed by atoms with E-state index in [1.54, 1.807) is 24.3 Å². The first kappa shape index (κ1) is 12.4. The van der Waals surface area contributed by atoms with Gasteiger partial charge in [0.2, 0.25) is 5.88 Å². The summed E-state index contributed by atoms with van der Waals surface area (Å²) in [7, 11) is 0. The first-order chi connectivity index (χ1) is 9.61. The Morgan fingerprint density at radius 1 is 1.05 bits per heavy atom. The quantitative estimate of drug-likeness (QED) is 0.713. The van der Waals surface area contributed by atoms with Crippen LogP contribution in [-0.4, -0.2) is 4.98 Å². The third kappa shape index (κ3) is 2.40. The van der Waals surface area contributed by atoms with E-state index in [0.717, 1.165) is 16.5 Å². The Morgan fingerprint density at radius 3 is 2.75 bits per heavy atom. The van der Waals surface area contributed by atoms with Crippen molar-refractivity contribution in [2.45, 2.75) is 6.92 Å². The van der Waals surface area contributed by atoms with E-state index in [2.05, 4.69) is 4.98 Å². The average molecular weight is 268 g/mol. The highest BCUT2D eigenvalue weighted by Crippen LogP contribution is 2.26. The zero-order chi connectivity index (χ0) is 14.1. The van der Waals surface area contributed by atoms with Crippen LogP contribution in [0.1, 0.15) is 5.56 Å². The van der Waals surface area contributed by atoms with Gasteiger partial charge in [-0.2, -0.15) is 0 Å². The number of pyridine rings is 1. The molecule has 1 aromatic heterocycles. The Hall–Kier alpha value is -2.62. The maximum Gasteiger partial charge on any atom is 0.219 e. The lowest BCUT2D eigenvalue weighted by molar-refractivity contribution is 0.428. The smallest absolute Gasteiger partial charge is 0.219 e. The molecule has 0 aliphatic rings. The van der Waals surface area contributed by atoms with Gasteiger partial charge in [0.1, 0.15) is 0 Å². The minimum Gasteiger partial charge on any atom is -0.436 e. The van der Waals surface area contributed by atoms with E-state index < -0.39 is 5.82 Å². The monoisotopic (exact) mass is 268 g/mol. The number of aromatic nitrogens is 1. The standard InChI is InChI=1S/C16H13FN2O/c1-10-2-5-13(17)15(8-10)20-16-7-3-11-9-12(18)4-6-14(11)19-16/h2-9H,18H2,1H3. The van der Waals surface area contributed by atoms with Crippen LogP contribution in [-0.2, 0) is 0 Å². The van der Waals surface area contributed by atoms with Crippen LogP contribution in [0.3, 0.4) is 0 Å². The molecule has 2 N–H and O–H groups in total. The molecule has 0 saturated carbocycles. The van der Waals surface area contributed by atoms with Gasteiger partial charge in [0, 0.05) is 17.1 Å². The number of nitrogen functional groups attached to an aromatic ring is 1. The lowest BCUT2D eigenvalue weighted by atomic mass is 10.2. The van der Waals surface area contributed by atoms with Crippen molar-refractivity contribution in [2.24, 2.45) is 0 Å². The summed E-state index contributed by atoms with van der Waals surface area (Å²) < 4.78 is 19.2. The molecule has 3 nitrogen and oxygen atoms in total. The summed E-state index contributed by atoms with van der Waals surface area (Å²) in [6, 6.07) is 13.7. The summed E-state index contributed by atoms with van der Waals surface area (Å²) in [5, 5.41) is 0.919. The predicted molar refractivity (Wildman–Crippen MR) is 77.4 cm³/mol. The molecule has 100 valence electrons. The molecule has 3 aromatic rings. The van der Waals surface area contributed by atoms with E-state index >= 15 is 0 Å². The fourth-order valence-corrected chi connectivity index (χ4v) is 1.98. The third-order valence-corrected chi connectivity index (χ3v) is 2.99. The lowest BCUT2D eigenvalue weighted by Crippen LogP contribution is -1.92. The number of rotatable bonds is 2. The van der Waals surface area contributed by atoms with Crippen molar-refractivity contribution < 1.29 is 9.13 Å². The predicted octanol–water partition coefficient (Wildman–Crippen LogP) is 4.06. The molecule has 3 rings (SSSR count). The second kappa shape index (κ2) is 4.81. The number of aryl methyl sites for hydroxylation is 1. The van der Waals surface area contributed by atoms with E-state index in [4.69, 9.17) is 10.5 Å². The van der Waals surface area contributed by atoms with E-state index in [0.29, 0.717) is 11.6 Å². The molecule has 0 fully saturated rings. The zero-order valence-corrected chi connectivity index (χ0v) is 10.9.